The van der Waals surface area contributed by atoms with Gasteiger partial charge in [0.25, 0.3) is 15.9 Å². The maximum absolute atomic E-state index is 12.6. The number of anilines is 2. The van der Waals surface area contributed by atoms with Gasteiger partial charge in [0.05, 0.1) is 9.92 Å². The fraction of sp³-hybridized carbons (Fsp3) is 0.0417. The van der Waals surface area contributed by atoms with E-state index in [-0.39, 0.29) is 17.3 Å². The summed E-state index contributed by atoms with van der Waals surface area (Å²) in [5.41, 5.74) is 0.766. The van der Waals surface area contributed by atoms with E-state index in [0.29, 0.717) is 38.0 Å². The number of benzene rings is 3. The first-order chi connectivity index (χ1) is 16.7. The Morgan fingerprint density at radius 2 is 1.49 bits per heavy atom. The number of hydrogen-bond acceptors (Lipinski definition) is 5. The van der Waals surface area contributed by atoms with E-state index in [1.807, 2.05) is 0 Å². The molecule has 0 atom stereocenters. The maximum atomic E-state index is 12.6. The first kappa shape index (κ1) is 24.9. The predicted molar refractivity (Wildman–Crippen MR) is 136 cm³/mol. The molecule has 0 saturated carbocycles. The third-order valence-corrected chi connectivity index (χ3v) is 6.86. The number of rotatable bonds is 8. The summed E-state index contributed by atoms with van der Waals surface area (Å²) >= 11 is 17.8. The second kappa shape index (κ2) is 10.6. The van der Waals surface area contributed by atoms with Crippen LogP contribution < -0.4 is 14.8 Å². The molecular formula is C24H17Cl3N2O5S. The van der Waals surface area contributed by atoms with Crippen molar-refractivity contribution in [3.63, 3.8) is 0 Å². The van der Waals surface area contributed by atoms with E-state index >= 15 is 0 Å². The fourth-order valence-corrected chi connectivity index (χ4v) is 4.48. The smallest absolute Gasteiger partial charge is 0.291 e. The SMILES string of the molecule is O=C(Nc1ccc(S(=O)(=O)Nc2ccc(Cl)cc2)cc1)c1ccc(COc2cc(Cl)ccc2Cl)o1. The van der Waals surface area contributed by atoms with Gasteiger partial charge in [-0.05, 0) is 72.8 Å². The van der Waals surface area contributed by atoms with Gasteiger partial charge in [-0.15, -0.1) is 0 Å². The minimum Gasteiger partial charge on any atom is -0.484 e. The molecule has 1 aromatic heterocycles. The molecule has 35 heavy (non-hydrogen) atoms. The molecule has 3 aromatic carbocycles. The van der Waals surface area contributed by atoms with Crippen LogP contribution in [0.1, 0.15) is 16.3 Å². The molecule has 180 valence electrons. The number of nitrogens with one attached hydrogen (secondary N) is 2. The van der Waals surface area contributed by atoms with Gasteiger partial charge in [0.1, 0.15) is 18.1 Å². The van der Waals surface area contributed by atoms with E-state index in [1.54, 1.807) is 48.5 Å². The average Bonchev–Trinajstić information content (AvgIpc) is 3.31. The zero-order valence-electron chi connectivity index (χ0n) is 17.8. The lowest BCUT2D eigenvalue weighted by molar-refractivity contribution is 0.0992. The molecule has 1 heterocycles. The number of sulfonamides is 1. The van der Waals surface area contributed by atoms with Crippen molar-refractivity contribution in [1.29, 1.82) is 0 Å². The highest BCUT2D eigenvalue weighted by molar-refractivity contribution is 7.92. The molecule has 0 bridgehead atoms. The van der Waals surface area contributed by atoms with E-state index < -0.39 is 15.9 Å². The van der Waals surface area contributed by atoms with Gasteiger partial charge in [0.2, 0.25) is 0 Å². The van der Waals surface area contributed by atoms with Gasteiger partial charge in [-0.25, -0.2) is 8.42 Å². The Morgan fingerprint density at radius 1 is 0.829 bits per heavy atom. The number of ether oxygens (including phenoxy) is 1. The van der Waals surface area contributed by atoms with E-state index in [9.17, 15) is 13.2 Å². The molecule has 4 aromatic rings. The Morgan fingerprint density at radius 3 is 2.20 bits per heavy atom. The number of carbonyl (C=O) groups excluding carboxylic acids is 1. The lowest BCUT2D eigenvalue weighted by Gasteiger charge is -2.09. The standard InChI is InChI=1S/C24H17Cl3N2O5S/c25-15-1-4-18(5-2-15)29-35(31,32)20-9-6-17(7-10-20)28-24(30)22-12-8-19(34-22)14-33-23-13-16(26)3-11-21(23)27/h1-13,29H,14H2,(H,28,30). The van der Waals surface area contributed by atoms with E-state index in [1.165, 1.54) is 30.3 Å². The summed E-state index contributed by atoms with van der Waals surface area (Å²) in [5, 5.41) is 4.02. The Bertz CT molecular complexity index is 1450. The van der Waals surface area contributed by atoms with Crippen molar-refractivity contribution in [2.75, 3.05) is 10.0 Å². The number of hydrogen-bond donors (Lipinski definition) is 2. The third-order valence-electron chi connectivity index (χ3n) is 4.67. The second-order valence-corrected chi connectivity index (χ2v) is 10.2. The molecule has 0 fully saturated rings. The maximum Gasteiger partial charge on any atom is 0.291 e. The van der Waals surface area contributed by atoms with E-state index in [4.69, 9.17) is 44.0 Å². The quantitative estimate of drug-likeness (QED) is 0.249. The normalized spacial score (nSPS) is 11.2. The highest BCUT2D eigenvalue weighted by atomic mass is 35.5. The first-order valence-corrected chi connectivity index (χ1v) is 12.7. The monoisotopic (exact) mass is 550 g/mol. The Labute approximate surface area is 216 Å². The summed E-state index contributed by atoms with van der Waals surface area (Å²) in [5.74, 6) is 0.344. The minimum atomic E-state index is -3.81. The molecule has 0 aliphatic heterocycles. The second-order valence-electron chi connectivity index (χ2n) is 7.22. The molecule has 11 heteroatoms. The van der Waals surface area contributed by atoms with Gasteiger partial charge in [-0.3, -0.25) is 9.52 Å². The summed E-state index contributed by atoms with van der Waals surface area (Å²) in [6.45, 7) is 0.0422. The van der Waals surface area contributed by atoms with Crippen LogP contribution in [-0.2, 0) is 16.6 Å². The summed E-state index contributed by atoms with van der Waals surface area (Å²) in [6, 6.07) is 19.9. The molecule has 0 radical (unpaired) electrons. The van der Waals surface area contributed by atoms with Crippen LogP contribution >= 0.6 is 34.8 Å². The summed E-state index contributed by atoms with van der Waals surface area (Å²) in [4.78, 5) is 12.6. The predicted octanol–water partition coefficient (Wildman–Crippen LogP) is 6.87. The minimum absolute atomic E-state index is 0.0301. The van der Waals surface area contributed by atoms with Crippen molar-refractivity contribution in [2.45, 2.75) is 11.5 Å². The molecule has 0 aliphatic rings. The third kappa shape index (κ3) is 6.49. The Kier molecular flexibility index (Phi) is 7.57. The van der Waals surface area contributed by atoms with Crippen molar-refractivity contribution in [1.82, 2.24) is 0 Å². The van der Waals surface area contributed by atoms with Crippen LogP contribution in [0.5, 0.6) is 5.75 Å². The fourth-order valence-electron chi connectivity index (χ4n) is 2.96. The first-order valence-electron chi connectivity index (χ1n) is 10.1. The van der Waals surface area contributed by atoms with Gasteiger partial charge in [-0.2, -0.15) is 0 Å². The van der Waals surface area contributed by atoms with Crippen LogP contribution in [0.4, 0.5) is 11.4 Å². The van der Waals surface area contributed by atoms with Crippen LogP contribution in [0.3, 0.4) is 0 Å². The number of halogens is 3. The summed E-state index contributed by atoms with van der Waals surface area (Å²) in [7, 11) is -3.81. The van der Waals surface area contributed by atoms with Gasteiger partial charge >= 0.3 is 0 Å². The topological polar surface area (TPSA) is 97.6 Å². The molecule has 2 N–H and O–H groups in total. The summed E-state index contributed by atoms with van der Waals surface area (Å²) < 4.78 is 38.7. The van der Waals surface area contributed by atoms with Crippen LogP contribution in [-0.4, -0.2) is 14.3 Å². The highest BCUT2D eigenvalue weighted by Crippen LogP contribution is 2.28. The van der Waals surface area contributed by atoms with Crippen molar-refractivity contribution in [3.05, 3.63) is 105 Å². The Balaban J connectivity index is 1.36. The van der Waals surface area contributed by atoms with Gasteiger partial charge in [-0.1, -0.05) is 34.8 Å². The van der Waals surface area contributed by atoms with Gasteiger partial charge in [0.15, 0.2) is 5.76 Å². The molecule has 0 aliphatic carbocycles. The number of amides is 1. The van der Waals surface area contributed by atoms with Crippen LogP contribution in [0, 0.1) is 0 Å². The van der Waals surface area contributed by atoms with Crippen LogP contribution in [0.15, 0.2) is 88.2 Å². The number of furan rings is 1. The van der Waals surface area contributed by atoms with Crippen molar-refractivity contribution >= 4 is 62.1 Å². The van der Waals surface area contributed by atoms with E-state index in [2.05, 4.69) is 10.0 Å². The molecule has 0 spiro atoms. The molecule has 7 nitrogen and oxygen atoms in total. The van der Waals surface area contributed by atoms with Crippen molar-refractivity contribution in [3.8, 4) is 5.75 Å². The zero-order valence-corrected chi connectivity index (χ0v) is 20.9. The molecule has 4 rings (SSSR count). The lowest BCUT2D eigenvalue weighted by Crippen LogP contribution is -2.14. The van der Waals surface area contributed by atoms with Crippen LogP contribution in [0.25, 0.3) is 0 Å². The summed E-state index contributed by atoms with van der Waals surface area (Å²) in [6.07, 6.45) is 0. The Hall–Kier alpha value is -3.17. The van der Waals surface area contributed by atoms with Crippen LogP contribution in [0.2, 0.25) is 15.1 Å². The lowest BCUT2D eigenvalue weighted by atomic mass is 10.3. The molecule has 1 amide bonds. The van der Waals surface area contributed by atoms with E-state index in [0.717, 1.165) is 0 Å². The number of carbonyl (C=O) groups is 1. The van der Waals surface area contributed by atoms with Gasteiger partial charge in [0, 0.05) is 27.5 Å². The van der Waals surface area contributed by atoms with Crippen molar-refractivity contribution < 1.29 is 22.4 Å². The zero-order chi connectivity index (χ0) is 25.0. The van der Waals surface area contributed by atoms with Gasteiger partial charge < -0.3 is 14.5 Å². The highest BCUT2D eigenvalue weighted by Gasteiger charge is 2.16. The average molecular weight is 552 g/mol. The molecular weight excluding hydrogens is 535 g/mol. The molecule has 0 unspecified atom stereocenters. The van der Waals surface area contributed by atoms with Crippen molar-refractivity contribution in [2.24, 2.45) is 0 Å². The largest absolute Gasteiger partial charge is 0.484 e. The molecule has 0 saturated heterocycles.